The number of piperidine rings is 1. The summed E-state index contributed by atoms with van der Waals surface area (Å²) in [4.78, 5) is 4.27. The van der Waals surface area contributed by atoms with Crippen LogP contribution in [0.1, 0.15) is 18.7 Å². The third kappa shape index (κ3) is 2.99. The van der Waals surface area contributed by atoms with E-state index >= 15 is 0 Å². The van der Waals surface area contributed by atoms with E-state index in [1.54, 1.807) is 0 Å². The summed E-state index contributed by atoms with van der Waals surface area (Å²) in [5.41, 5.74) is 0.248. The summed E-state index contributed by atoms with van der Waals surface area (Å²) in [5.74, 6) is 0.902. The largest absolute Gasteiger partial charge is 0.334 e. The van der Waals surface area contributed by atoms with E-state index in [9.17, 15) is 4.39 Å². The van der Waals surface area contributed by atoms with Gasteiger partial charge in [0.2, 0.25) is 0 Å². The van der Waals surface area contributed by atoms with E-state index in [-0.39, 0.29) is 11.5 Å². The van der Waals surface area contributed by atoms with Gasteiger partial charge in [-0.3, -0.25) is 0 Å². The Morgan fingerprint density at radius 1 is 1.45 bits per heavy atom. The molecule has 0 saturated carbocycles. The summed E-state index contributed by atoms with van der Waals surface area (Å²) in [5, 5.41) is 7.72. The summed E-state index contributed by atoms with van der Waals surface area (Å²) < 4.78 is 18.9. The van der Waals surface area contributed by atoms with E-state index in [0.717, 1.165) is 32.4 Å². The molecule has 0 amide bonds. The molecule has 0 bridgehead atoms. The normalized spacial score (nSPS) is 19.2. The molecule has 1 atom stereocenters. The average molecular weight is 296 g/mol. The molecule has 1 saturated heterocycles. The number of benzene rings is 1. The zero-order chi connectivity index (χ0) is 13.9. The highest BCUT2D eigenvalue weighted by Crippen LogP contribution is 2.25. The van der Waals surface area contributed by atoms with Crippen molar-refractivity contribution in [3.63, 3.8) is 0 Å². The summed E-state index contributed by atoms with van der Waals surface area (Å²) in [6.07, 6.45) is 3.07. The standard InChI is InChI=1S/C14H15ClFN3O/c15-10-3-4-12(16)11(7-10)14-18-13(19-20-14)6-9-2-1-5-17-8-9/h3-4,7,9,17H,1-2,5-6,8H2. The fourth-order valence-corrected chi connectivity index (χ4v) is 2.64. The first-order valence-electron chi connectivity index (χ1n) is 6.71. The lowest BCUT2D eigenvalue weighted by molar-refractivity contribution is 0.359. The minimum absolute atomic E-state index is 0.184. The Balaban J connectivity index is 1.77. The molecule has 4 nitrogen and oxygen atoms in total. The molecule has 1 aliphatic rings. The van der Waals surface area contributed by atoms with Gasteiger partial charge in [-0.05, 0) is 50.0 Å². The van der Waals surface area contributed by atoms with Gasteiger partial charge in [0.05, 0.1) is 5.56 Å². The van der Waals surface area contributed by atoms with Gasteiger partial charge in [0.25, 0.3) is 5.89 Å². The fourth-order valence-electron chi connectivity index (χ4n) is 2.46. The number of halogens is 2. The van der Waals surface area contributed by atoms with Crippen LogP contribution < -0.4 is 5.32 Å². The van der Waals surface area contributed by atoms with E-state index in [4.69, 9.17) is 16.1 Å². The molecule has 3 rings (SSSR count). The van der Waals surface area contributed by atoms with Gasteiger partial charge in [-0.2, -0.15) is 4.98 Å². The molecule has 1 unspecified atom stereocenters. The van der Waals surface area contributed by atoms with Crippen molar-refractivity contribution in [1.82, 2.24) is 15.5 Å². The van der Waals surface area contributed by atoms with E-state index < -0.39 is 5.82 Å². The fraction of sp³-hybridized carbons (Fsp3) is 0.429. The monoisotopic (exact) mass is 295 g/mol. The zero-order valence-electron chi connectivity index (χ0n) is 10.9. The van der Waals surface area contributed by atoms with Crippen molar-refractivity contribution in [3.8, 4) is 11.5 Å². The molecule has 1 fully saturated rings. The number of nitrogens with zero attached hydrogens (tertiary/aromatic N) is 2. The van der Waals surface area contributed by atoms with Crippen LogP contribution in [0.25, 0.3) is 11.5 Å². The van der Waals surface area contributed by atoms with Gasteiger partial charge in [-0.1, -0.05) is 16.8 Å². The smallest absolute Gasteiger partial charge is 0.260 e. The minimum atomic E-state index is -0.413. The molecule has 6 heteroatoms. The molecular weight excluding hydrogens is 281 g/mol. The van der Waals surface area contributed by atoms with Crippen LogP contribution in [0.3, 0.4) is 0 Å². The van der Waals surface area contributed by atoms with Crippen molar-refractivity contribution in [3.05, 3.63) is 34.9 Å². The number of hydrogen-bond acceptors (Lipinski definition) is 4. The lowest BCUT2D eigenvalue weighted by Gasteiger charge is -2.20. The second kappa shape index (κ2) is 5.89. The van der Waals surface area contributed by atoms with Gasteiger partial charge in [-0.15, -0.1) is 0 Å². The maximum absolute atomic E-state index is 13.7. The minimum Gasteiger partial charge on any atom is -0.334 e. The second-order valence-corrected chi connectivity index (χ2v) is 5.49. The molecule has 2 heterocycles. The molecular formula is C14H15ClFN3O. The molecule has 2 aromatic rings. The highest BCUT2D eigenvalue weighted by atomic mass is 35.5. The highest BCUT2D eigenvalue weighted by molar-refractivity contribution is 6.30. The van der Waals surface area contributed by atoms with E-state index in [1.807, 2.05) is 0 Å². The molecule has 1 N–H and O–H groups in total. The molecule has 1 aromatic carbocycles. The van der Waals surface area contributed by atoms with Gasteiger partial charge >= 0.3 is 0 Å². The van der Waals surface area contributed by atoms with Crippen LogP contribution in [0.4, 0.5) is 4.39 Å². The first-order chi connectivity index (χ1) is 9.72. The Morgan fingerprint density at radius 2 is 2.35 bits per heavy atom. The van der Waals surface area contributed by atoms with E-state index in [1.165, 1.54) is 18.2 Å². The van der Waals surface area contributed by atoms with Crippen LogP contribution in [0.5, 0.6) is 0 Å². The number of aromatic nitrogens is 2. The van der Waals surface area contributed by atoms with Crippen molar-refractivity contribution >= 4 is 11.6 Å². The number of nitrogens with one attached hydrogen (secondary N) is 1. The van der Waals surface area contributed by atoms with Crippen molar-refractivity contribution in [2.45, 2.75) is 19.3 Å². The predicted molar refractivity (Wildman–Crippen MR) is 74.0 cm³/mol. The Bertz CT molecular complexity index is 596. The maximum atomic E-state index is 13.7. The topological polar surface area (TPSA) is 51.0 Å². The van der Waals surface area contributed by atoms with Crippen LogP contribution in [0.15, 0.2) is 22.7 Å². The molecule has 0 aliphatic carbocycles. The molecule has 106 valence electrons. The van der Waals surface area contributed by atoms with Gasteiger partial charge in [0.1, 0.15) is 5.82 Å². The average Bonchev–Trinajstić information content (AvgIpc) is 2.91. The predicted octanol–water partition coefficient (Wildman–Crippen LogP) is 3.07. The first kappa shape index (κ1) is 13.5. The van der Waals surface area contributed by atoms with E-state index in [2.05, 4.69) is 15.5 Å². The molecule has 1 aliphatic heterocycles. The first-order valence-corrected chi connectivity index (χ1v) is 7.09. The van der Waals surface area contributed by atoms with Crippen LogP contribution in [-0.2, 0) is 6.42 Å². The van der Waals surface area contributed by atoms with Gasteiger partial charge in [-0.25, -0.2) is 4.39 Å². The Morgan fingerprint density at radius 3 is 3.15 bits per heavy atom. The molecule has 1 aromatic heterocycles. The second-order valence-electron chi connectivity index (χ2n) is 5.06. The van der Waals surface area contributed by atoms with Gasteiger partial charge < -0.3 is 9.84 Å². The highest BCUT2D eigenvalue weighted by Gasteiger charge is 2.18. The van der Waals surface area contributed by atoms with Crippen LogP contribution >= 0.6 is 11.6 Å². The third-order valence-electron chi connectivity index (χ3n) is 3.50. The lowest BCUT2D eigenvalue weighted by Crippen LogP contribution is -2.31. The Kier molecular flexibility index (Phi) is 3.98. The Hall–Kier alpha value is -1.46. The maximum Gasteiger partial charge on any atom is 0.260 e. The zero-order valence-corrected chi connectivity index (χ0v) is 11.7. The van der Waals surface area contributed by atoms with Crippen molar-refractivity contribution in [1.29, 1.82) is 0 Å². The Labute approximate surface area is 121 Å². The number of hydrogen-bond donors (Lipinski definition) is 1. The summed E-state index contributed by atoms with van der Waals surface area (Å²) in [6.45, 7) is 2.04. The van der Waals surface area contributed by atoms with Crippen molar-refractivity contribution < 1.29 is 8.91 Å². The van der Waals surface area contributed by atoms with Gasteiger partial charge in [0.15, 0.2) is 5.82 Å². The van der Waals surface area contributed by atoms with Gasteiger partial charge in [0, 0.05) is 11.4 Å². The summed E-state index contributed by atoms with van der Waals surface area (Å²) >= 11 is 5.86. The molecule has 0 spiro atoms. The SMILES string of the molecule is Fc1ccc(Cl)cc1-c1nc(CC2CCCNC2)no1. The number of rotatable bonds is 3. The molecule has 0 radical (unpaired) electrons. The van der Waals surface area contributed by atoms with Crippen LogP contribution in [0, 0.1) is 11.7 Å². The van der Waals surface area contributed by atoms with E-state index in [0.29, 0.717) is 16.8 Å². The summed E-state index contributed by atoms with van der Waals surface area (Å²) in [6, 6.07) is 4.29. The molecule has 20 heavy (non-hydrogen) atoms. The summed E-state index contributed by atoms with van der Waals surface area (Å²) in [7, 11) is 0. The van der Waals surface area contributed by atoms with Crippen molar-refractivity contribution in [2.24, 2.45) is 5.92 Å². The van der Waals surface area contributed by atoms with Crippen LogP contribution in [-0.4, -0.2) is 23.2 Å². The van der Waals surface area contributed by atoms with Crippen LogP contribution in [0.2, 0.25) is 5.02 Å². The van der Waals surface area contributed by atoms with Crippen molar-refractivity contribution in [2.75, 3.05) is 13.1 Å². The lowest BCUT2D eigenvalue weighted by atomic mass is 9.96. The quantitative estimate of drug-likeness (QED) is 0.945. The third-order valence-corrected chi connectivity index (χ3v) is 3.73.